The van der Waals surface area contributed by atoms with Crippen LogP contribution in [-0.4, -0.2) is 41.7 Å². The number of hydrogen-bond acceptors (Lipinski definition) is 3. The minimum atomic E-state index is -0.867. The van der Waals surface area contributed by atoms with Crippen molar-refractivity contribution in [2.45, 2.75) is 19.0 Å². The number of aromatic carboxylic acids is 1. The van der Waals surface area contributed by atoms with E-state index in [0.717, 1.165) is 38.2 Å². The van der Waals surface area contributed by atoms with E-state index in [0.29, 0.717) is 11.6 Å². The molecule has 1 aliphatic rings. The first-order valence-corrected chi connectivity index (χ1v) is 8.02. The molecule has 1 heterocycles. The Hall–Kier alpha value is -2.17. The third-order valence-corrected chi connectivity index (χ3v) is 4.24. The molecule has 120 valence electrons. The fraction of sp³-hybridized carbons (Fsp3) is 0.316. The molecule has 23 heavy (non-hydrogen) atoms. The van der Waals surface area contributed by atoms with Crippen LogP contribution in [-0.2, 0) is 13.0 Å². The van der Waals surface area contributed by atoms with Crippen LogP contribution in [0.5, 0.6) is 0 Å². The fourth-order valence-electron chi connectivity index (χ4n) is 3.13. The molecule has 1 atom stereocenters. The number of carbonyl (C=O) groups is 1. The zero-order chi connectivity index (χ0) is 16.1. The lowest BCUT2D eigenvalue weighted by Crippen LogP contribution is -2.51. The Morgan fingerprint density at radius 3 is 2.70 bits per heavy atom. The quantitative estimate of drug-likeness (QED) is 0.890. The molecule has 0 spiro atoms. The highest BCUT2D eigenvalue weighted by molar-refractivity contribution is 5.87. The Bertz CT molecular complexity index is 657. The summed E-state index contributed by atoms with van der Waals surface area (Å²) in [5.41, 5.74) is 2.77. The molecule has 1 aliphatic heterocycles. The number of hydrogen-bond donors (Lipinski definition) is 2. The first kappa shape index (κ1) is 15.7. The van der Waals surface area contributed by atoms with Crippen LogP contribution in [0.25, 0.3) is 0 Å². The summed E-state index contributed by atoms with van der Waals surface area (Å²) in [5, 5.41) is 12.7. The summed E-state index contributed by atoms with van der Waals surface area (Å²) in [6.07, 6.45) is 1.02. The van der Waals surface area contributed by atoms with Gasteiger partial charge in [0.1, 0.15) is 0 Å². The monoisotopic (exact) mass is 310 g/mol. The molecule has 0 radical (unpaired) electrons. The second-order valence-corrected chi connectivity index (χ2v) is 6.08. The van der Waals surface area contributed by atoms with E-state index < -0.39 is 5.97 Å². The molecule has 0 bridgehead atoms. The summed E-state index contributed by atoms with van der Waals surface area (Å²) in [6, 6.07) is 18.2. The number of piperazine rings is 1. The van der Waals surface area contributed by atoms with E-state index in [9.17, 15) is 4.79 Å². The summed E-state index contributed by atoms with van der Waals surface area (Å²) in [7, 11) is 0. The zero-order valence-corrected chi connectivity index (χ0v) is 13.1. The standard InChI is InChI=1S/C19H22N2O2/c22-19(23)17-8-4-7-16(11-17)13-21-10-9-20-18(14-21)12-15-5-2-1-3-6-15/h1-8,11,18,20H,9-10,12-14H2,(H,22,23)/t18-/m1/s1. The molecule has 2 N–H and O–H groups in total. The lowest BCUT2D eigenvalue weighted by molar-refractivity contribution is 0.0696. The van der Waals surface area contributed by atoms with Crippen LogP contribution < -0.4 is 5.32 Å². The lowest BCUT2D eigenvalue weighted by atomic mass is 10.0. The maximum atomic E-state index is 11.1. The highest BCUT2D eigenvalue weighted by atomic mass is 16.4. The summed E-state index contributed by atoms with van der Waals surface area (Å²) in [6.45, 7) is 3.74. The van der Waals surface area contributed by atoms with Gasteiger partial charge in [0.2, 0.25) is 0 Å². The summed E-state index contributed by atoms with van der Waals surface area (Å²) < 4.78 is 0. The maximum Gasteiger partial charge on any atom is 0.335 e. The van der Waals surface area contributed by atoms with Crippen LogP contribution in [0.2, 0.25) is 0 Å². The number of rotatable bonds is 5. The van der Waals surface area contributed by atoms with Gasteiger partial charge in [-0.25, -0.2) is 4.79 Å². The normalized spacial score (nSPS) is 18.7. The number of benzene rings is 2. The van der Waals surface area contributed by atoms with Crippen LogP contribution >= 0.6 is 0 Å². The third-order valence-electron chi connectivity index (χ3n) is 4.24. The van der Waals surface area contributed by atoms with Gasteiger partial charge in [-0.3, -0.25) is 4.90 Å². The molecular formula is C19H22N2O2. The summed E-state index contributed by atoms with van der Waals surface area (Å²) >= 11 is 0. The van der Waals surface area contributed by atoms with Crippen LogP contribution in [0.15, 0.2) is 54.6 Å². The Balaban J connectivity index is 1.60. The van der Waals surface area contributed by atoms with Gasteiger partial charge in [0.25, 0.3) is 0 Å². The van der Waals surface area contributed by atoms with E-state index >= 15 is 0 Å². The minimum Gasteiger partial charge on any atom is -0.478 e. The number of nitrogens with one attached hydrogen (secondary N) is 1. The largest absolute Gasteiger partial charge is 0.478 e. The van der Waals surface area contributed by atoms with Crippen molar-refractivity contribution in [1.29, 1.82) is 0 Å². The van der Waals surface area contributed by atoms with Gasteiger partial charge in [-0.15, -0.1) is 0 Å². The molecule has 0 saturated carbocycles. The average Bonchev–Trinajstić information content (AvgIpc) is 2.56. The van der Waals surface area contributed by atoms with E-state index in [1.807, 2.05) is 18.2 Å². The molecule has 0 unspecified atom stereocenters. The molecule has 0 amide bonds. The molecule has 3 rings (SSSR count). The SMILES string of the molecule is O=C(O)c1cccc(CN2CCN[C@H](Cc3ccccc3)C2)c1. The molecule has 0 aliphatic carbocycles. The van der Waals surface area contributed by atoms with Crippen LogP contribution in [0, 0.1) is 0 Å². The number of carboxylic acids is 1. The van der Waals surface area contributed by atoms with Gasteiger partial charge in [-0.1, -0.05) is 42.5 Å². The molecule has 2 aromatic carbocycles. The topological polar surface area (TPSA) is 52.6 Å². The average molecular weight is 310 g/mol. The van der Waals surface area contributed by atoms with Crippen molar-refractivity contribution in [2.24, 2.45) is 0 Å². The second-order valence-electron chi connectivity index (χ2n) is 6.08. The molecule has 1 fully saturated rings. The maximum absolute atomic E-state index is 11.1. The summed E-state index contributed by atoms with van der Waals surface area (Å²) in [4.78, 5) is 13.5. The molecule has 4 nitrogen and oxygen atoms in total. The first-order valence-electron chi connectivity index (χ1n) is 8.02. The van der Waals surface area contributed by atoms with Crippen LogP contribution in [0.3, 0.4) is 0 Å². The van der Waals surface area contributed by atoms with Gasteiger partial charge in [-0.05, 0) is 29.7 Å². The van der Waals surface area contributed by atoms with E-state index in [1.54, 1.807) is 12.1 Å². The molecule has 0 aromatic heterocycles. The second kappa shape index (κ2) is 7.40. The van der Waals surface area contributed by atoms with E-state index in [-0.39, 0.29) is 0 Å². The van der Waals surface area contributed by atoms with Gasteiger partial charge in [-0.2, -0.15) is 0 Å². The Kier molecular flexibility index (Phi) is 5.05. The van der Waals surface area contributed by atoms with Crippen molar-refractivity contribution < 1.29 is 9.90 Å². The van der Waals surface area contributed by atoms with Crippen molar-refractivity contribution >= 4 is 5.97 Å². The molecule has 1 saturated heterocycles. The van der Waals surface area contributed by atoms with Crippen LogP contribution in [0.4, 0.5) is 0 Å². The predicted octanol–water partition coefficient (Wildman–Crippen LogP) is 2.40. The van der Waals surface area contributed by atoms with Crippen molar-refractivity contribution in [3.63, 3.8) is 0 Å². The van der Waals surface area contributed by atoms with Crippen molar-refractivity contribution in [1.82, 2.24) is 10.2 Å². The van der Waals surface area contributed by atoms with Gasteiger partial charge in [0.15, 0.2) is 0 Å². The van der Waals surface area contributed by atoms with E-state index in [2.05, 4.69) is 34.5 Å². The van der Waals surface area contributed by atoms with E-state index in [1.165, 1.54) is 5.56 Å². The van der Waals surface area contributed by atoms with Crippen LogP contribution in [0.1, 0.15) is 21.5 Å². The Labute approximate surface area is 136 Å². The van der Waals surface area contributed by atoms with E-state index in [4.69, 9.17) is 5.11 Å². The number of nitrogens with zero attached hydrogens (tertiary/aromatic N) is 1. The lowest BCUT2D eigenvalue weighted by Gasteiger charge is -2.34. The molecule has 2 aromatic rings. The minimum absolute atomic E-state index is 0.360. The van der Waals surface area contributed by atoms with Crippen molar-refractivity contribution in [3.05, 3.63) is 71.3 Å². The van der Waals surface area contributed by atoms with Crippen molar-refractivity contribution in [2.75, 3.05) is 19.6 Å². The Morgan fingerprint density at radius 2 is 1.91 bits per heavy atom. The highest BCUT2D eigenvalue weighted by Gasteiger charge is 2.19. The fourth-order valence-corrected chi connectivity index (χ4v) is 3.13. The Morgan fingerprint density at radius 1 is 1.13 bits per heavy atom. The van der Waals surface area contributed by atoms with Gasteiger partial charge in [0.05, 0.1) is 5.56 Å². The molecule has 4 heteroatoms. The number of carboxylic acid groups (broad SMARTS) is 1. The molecular weight excluding hydrogens is 288 g/mol. The summed E-state index contributed by atoms with van der Waals surface area (Å²) in [5.74, 6) is -0.867. The van der Waals surface area contributed by atoms with Gasteiger partial charge < -0.3 is 10.4 Å². The smallest absolute Gasteiger partial charge is 0.335 e. The first-order chi connectivity index (χ1) is 11.2. The predicted molar refractivity (Wildman–Crippen MR) is 90.6 cm³/mol. The third kappa shape index (κ3) is 4.41. The highest BCUT2D eigenvalue weighted by Crippen LogP contribution is 2.12. The van der Waals surface area contributed by atoms with Crippen molar-refractivity contribution in [3.8, 4) is 0 Å². The van der Waals surface area contributed by atoms with Gasteiger partial charge in [0, 0.05) is 32.2 Å². The van der Waals surface area contributed by atoms with Gasteiger partial charge >= 0.3 is 5.97 Å². The zero-order valence-electron chi connectivity index (χ0n) is 13.1.